The van der Waals surface area contributed by atoms with Gasteiger partial charge >= 0.3 is 12.4 Å². The average Bonchev–Trinajstić information content (AvgIpc) is 2.90. The van der Waals surface area contributed by atoms with Crippen LogP contribution in [0.15, 0.2) is 42.5 Å². The highest BCUT2D eigenvalue weighted by Gasteiger charge is 2.33. The van der Waals surface area contributed by atoms with E-state index in [1.54, 1.807) is 18.0 Å². The van der Waals surface area contributed by atoms with E-state index in [1.807, 2.05) is 0 Å². The molecule has 1 aliphatic heterocycles. The lowest BCUT2D eigenvalue weighted by atomic mass is 9.95. The lowest BCUT2D eigenvalue weighted by Crippen LogP contribution is -2.37. The molecule has 5 nitrogen and oxygen atoms in total. The van der Waals surface area contributed by atoms with E-state index in [9.17, 15) is 31.1 Å². The third-order valence-electron chi connectivity index (χ3n) is 7.24. The highest BCUT2D eigenvalue weighted by Crippen LogP contribution is 2.36. The summed E-state index contributed by atoms with van der Waals surface area (Å²) in [5, 5.41) is 3.16. The molecular weight excluding hydrogens is 522 g/mol. The van der Waals surface area contributed by atoms with Gasteiger partial charge in [0.15, 0.2) is 0 Å². The largest absolute Gasteiger partial charge is 0.418 e. The maximum absolute atomic E-state index is 12.7. The fraction of sp³-hybridized carbons (Fsp3) is 0.536. The Balaban J connectivity index is 0.000000218. The number of rotatable bonds is 6. The van der Waals surface area contributed by atoms with Crippen molar-refractivity contribution in [2.24, 2.45) is 5.92 Å². The number of carbonyl (C=O) groups excluding carboxylic acids is 1. The van der Waals surface area contributed by atoms with E-state index in [1.165, 1.54) is 24.6 Å². The van der Waals surface area contributed by atoms with E-state index in [0.717, 1.165) is 88.5 Å². The molecule has 216 valence electrons. The summed E-state index contributed by atoms with van der Waals surface area (Å²) in [4.78, 5) is 14.3. The predicted octanol–water partition coefficient (Wildman–Crippen LogP) is 7.04. The Kier molecular flexibility index (Phi) is 10.4. The van der Waals surface area contributed by atoms with Crippen LogP contribution in [0.4, 0.5) is 43.4 Å². The minimum atomic E-state index is -4.39. The van der Waals surface area contributed by atoms with Gasteiger partial charge in [-0.1, -0.05) is 19.3 Å². The monoisotopic (exact) mass is 558 g/mol. The van der Waals surface area contributed by atoms with Crippen molar-refractivity contribution >= 4 is 23.5 Å². The SMILES string of the molecule is CN(C=O)CC1CCN(c2ccc(C(F)(F)F)cc2)CC1.Nc1ccc(NC2CCCCC2)cc1C(F)(F)F. The predicted molar refractivity (Wildman–Crippen MR) is 141 cm³/mol. The number of halogens is 6. The summed E-state index contributed by atoms with van der Waals surface area (Å²) in [5.74, 6) is 0.464. The van der Waals surface area contributed by atoms with Crippen LogP contribution in [0.5, 0.6) is 0 Å². The van der Waals surface area contributed by atoms with Gasteiger partial charge in [-0.15, -0.1) is 0 Å². The summed E-state index contributed by atoms with van der Waals surface area (Å²) < 4.78 is 75.7. The van der Waals surface area contributed by atoms with Crippen LogP contribution in [0.3, 0.4) is 0 Å². The molecule has 1 saturated heterocycles. The first-order valence-corrected chi connectivity index (χ1v) is 13.2. The number of hydrogen-bond donors (Lipinski definition) is 2. The van der Waals surface area contributed by atoms with Crippen molar-refractivity contribution < 1.29 is 31.1 Å². The molecule has 2 fully saturated rings. The molecule has 1 saturated carbocycles. The Morgan fingerprint density at radius 2 is 1.54 bits per heavy atom. The molecule has 3 N–H and O–H groups in total. The van der Waals surface area contributed by atoms with E-state index in [-0.39, 0.29) is 11.7 Å². The maximum atomic E-state index is 12.7. The van der Waals surface area contributed by atoms with Gasteiger partial charge in [0, 0.05) is 49.8 Å². The van der Waals surface area contributed by atoms with Gasteiger partial charge in [0.25, 0.3) is 0 Å². The third-order valence-corrected chi connectivity index (χ3v) is 7.24. The smallest absolute Gasteiger partial charge is 0.398 e. The van der Waals surface area contributed by atoms with Crippen molar-refractivity contribution in [2.75, 3.05) is 42.6 Å². The van der Waals surface area contributed by atoms with Crippen molar-refractivity contribution in [1.82, 2.24) is 4.90 Å². The molecule has 0 atom stereocenters. The first kappa shape index (κ1) is 30.4. The topological polar surface area (TPSA) is 61.6 Å². The van der Waals surface area contributed by atoms with Crippen LogP contribution in [0.25, 0.3) is 0 Å². The quantitative estimate of drug-likeness (QED) is 0.227. The maximum Gasteiger partial charge on any atom is 0.418 e. The number of piperidine rings is 1. The van der Waals surface area contributed by atoms with Gasteiger partial charge in [-0.25, -0.2) is 0 Å². The second-order valence-corrected chi connectivity index (χ2v) is 10.3. The van der Waals surface area contributed by atoms with Gasteiger partial charge < -0.3 is 20.9 Å². The Morgan fingerprint density at radius 1 is 0.923 bits per heavy atom. The molecule has 0 spiro atoms. The molecule has 0 radical (unpaired) electrons. The lowest BCUT2D eigenvalue weighted by Gasteiger charge is -2.34. The molecule has 2 aliphatic rings. The van der Waals surface area contributed by atoms with Gasteiger partial charge in [-0.05, 0) is 74.1 Å². The standard InChI is InChI=1S/C15H19F3N2O.C13H17F3N2/c1-19(11-21)10-12-6-8-20(9-7-12)14-4-2-13(3-5-14)15(16,17)18;14-13(15,16)11-8-10(6-7-12(11)17)18-9-4-2-1-3-5-9/h2-5,11-12H,6-10H2,1H3;6-9,18H,1-5,17H2. The lowest BCUT2D eigenvalue weighted by molar-refractivity contribution is -0.138. The van der Waals surface area contributed by atoms with Crippen LogP contribution in [-0.4, -0.2) is 44.0 Å². The summed E-state index contributed by atoms with van der Waals surface area (Å²) in [6, 6.07) is 9.62. The molecule has 4 rings (SSSR count). The second-order valence-electron chi connectivity index (χ2n) is 10.3. The normalized spacial score (nSPS) is 17.3. The van der Waals surface area contributed by atoms with E-state index < -0.39 is 23.5 Å². The van der Waals surface area contributed by atoms with Crippen molar-refractivity contribution in [3.05, 3.63) is 53.6 Å². The zero-order valence-electron chi connectivity index (χ0n) is 22.0. The van der Waals surface area contributed by atoms with Crippen molar-refractivity contribution in [1.29, 1.82) is 0 Å². The molecule has 1 heterocycles. The van der Waals surface area contributed by atoms with Gasteiger partial charge in [-0.2, -0.15) is 26.3 Å². The van der Waals surface area contributed by atoms with Crippen LogP contribution in [0.2, 0.25) is 0 Å². The van der Waals surface area contributed by atoms with Crippen molar-refractivity contribution in [2.45, 2.75) is 63.3 Å². The molecule has 39 heavy (non-hydrogen) atoms. The second kappa shape index (κ2) is 13.3. The fourth-order valence-electron chi connectivity index (χ4n) is 5.06. The fourth-order valence-corrected chi connectivity index (χ4v) is 5.06. The summed E-state index contributed by atoms with van der Waals surface area (Å²) in [5.41, 5.74) is 5.09. The van der Waals surface area contributed by atoms with Gasteiger partial charge in [0.2, 0.25) is 6.41 Å². The van der Waals surface area contributed by atoms with Crippen LogP contribution in [0, 0.1) is 5.92 Å². The Hall–Kier alpha value is -3.11. The highest BCUT2D eigenvalue weighted by atomic mass is 19.4. The molecule has 1 amide bonds. The van der Waals surface area contributed by atoms with Crippen molar-refractivity contribution in [3.63, 3.8) is 0 Å². The molecular formula is C28H36F6N4O. The number of anilines is 3. The number of hydrogen-bond acceptors (Lipinski definition) is 4. The number of benzene rings is 2. The van der Waals surface area contributed by atoms with Gasteiger partial charge in [0.1, 0.15) is 0 Å². The van der Waals surface area contributed by atoms with E-state index in [2.05, 4.69) is 10.2 Å². The molecule has 2 aromatic carbocycles. The zero-order valence-corrected chi connectivity index (χ0v) is 22.0. The van der Waals surface area contributed by atoms with Crippen LogP contribution >= 0.6 is 0 Å². The number of nitrogen functional groups attached to an aromatic ring is 1. The summed E-state index contributed by atoms with van der Waals surface area (Å²) in [6.07, 6.45) is -0.442. The Labute approximate surface area is 225 Å². The molecule has 2 aromatic rings. The first-order chi connectivity index (χ1) is 18.4. The molecule has 11 heteroatoms. The molecule has 1 aliphatic carbocycles. The van der Waals surface area contributed by atoms with Crippen molar-refractivity contribution in [3.8, 4) is 0 Å². The molecule has 0 unspecified atom stereocenters. The minimum absolute atomic E-state index is 0.225. The number of nitrogens with one attached hydrogen (secondary N) is 1. The van der Waals surface area contributed by atoms with Crippen LogP contribution < -0.4 is 16.0 Å². The zero-order chi connectivity index (χ0) is 28.6. The van der Waals surface area contributed by atoms with E-state index >= 15 is 0 Å². The van der Waals surface area contributed by atoms with E-state index in [4.69, 9.17) is 5.73 Å². The number of alkyl halides is 6. The Morgan fingerprint density at radius 3 is 2.08 bits per heavy atom. The number of carbonyl (C=O) groups is 1. The van der Waals surface area contributed by atoms with Gasteiger partial charge in [-0.3, -0.25) is 4.79 Å². The molecule has 0 bridgehead atoms. The van der Waals surface area contributed by atoms with Crippen LogP contribution in [-0.2, 0) is 17.1 Å². The summed E-state index contributed by atoms with van der Waals surface area (Å²) in [7, 11) is 1.76. The number of nitrogens with zero attached hydrogens (tertiary/aromatic N) is 2. The average molecular weight is 559 g/mol. The summed E-state index contributed by atoms with van der Waals surface area (Å²) in [6.45, 7) is 2.36. The van der Waals surface area contributed by atoms with Gasteiger partial charge in [0.05, 0.1) is 11.1 Å². The number of amides is 1. The minimum Gasteiger partial charge on any atom is -0.398 e. The first-order valence-electron chi connectivity index (χ1n) is 13.2. The van der Waals surface area contributed by atoms with E-state index in [0.29, 0.717) is 11.6 Å². The highest BCUT2D eigenvalue weighted by molar-refractivity contribution is 5.58. The number of nitrogens with two attached hydrogens (primary N) is 1. The summed E-state index contributed by atoms with van der Waals surface area (Å²) >= 11 is 0. The Bertz CT molecular complexity index is 1040. The van der Waals surface area contributed by atoms with Crippen LogP contribution in [0.1, 0.15) is 56.1 Å². The third kappa shape index (κ3) is 9.25. The molecule has 0 aromatic heterocycles.